The lowest BCUT2D eigenvalue weighted by Gasteiger charge is -2.33. The molecule has 31 heavy (non-hydrogen) atoms. The van der Waals surface area contributed by atoms with Crippen LogP contribution in [0.15, 0.2) is 35.0 Å². The van der Waals surface area contributed by atoms with E-state index in [9.17, 15) is 18.0 Å². The van der Waals surface area contributed by atoms with E-state index in [0.717, 1.165) is 15.8 Å². The van der Waals surface area contributed by atoms with Gasteiger partial charge in [0.1, 0.15) is 23.9 Å². The molecule has 0 N–H and O–H groups in total. The predicted molar refractivity (Wildman–Crippen MR) is 105 cm³/mol. The molecule has 164 valence electrons. The molecule has 0 saturated carbocycles. The summed E-state index contributed by atoms with van der Waals surface area (Å²) < 4.78 is 51.9. The highest BCUT2D eigenvalue weighted by Gasteiger charge is 2.46. The van der Waals surface area contributed by atoms with Crippen molar-refractivity contribution < 1.29 is 27.2 Å². The molecule has 1 atom stereocenters. The molecule has 0 bridgehead atoms. The highest BCUT2D eigenvalue weighted by atomic mass is 19.4. The average Bonchev–Trinajstić information content (AvgIpc) is 3.34. The highest BCUT2D eigenvalue weighted by molar-refractivity contribution is 6.05. The number of carbonyl (C=O) groups is 1. The fraction of sp³-hybridized carbons (Fsp3) is 0.381. The Morgan fingerprint density at radius 3 is 2.77 bits per heavy atom. The minimum atomic E-state index is -4.45. The molecule has 0 fully saturated rings. The van der Waals surface area contributed by atoms with Crippen molar-refractivity contribution in [1.82, 2.24) is 14.9 Å². The van der Waals surface area contributed by atoms with E-state index < -0.39 is 18.1 Å². The molecule has 1 unspecified atom stereocenters. The molecule has 1 aliphatic rings. The first-order chi connectivity index (χ1) is 14.7. The molecule has 4 rings (SSSR count). The maximum atomic E-state index is 13.3. The zero-order valence-electron chi connectivity index (χ0n) is 17.2. The van der Waals surface area contributed by atoms with Gasteiger partial charge < -0.3 is 9.26 Å². The number of alkyl halides is 3. The number of hydrogen-bond donors (Lipinski definition) is 0. The molecule has 3 aromatic rings. The van der Waals surface area contributed by atoms with Gasteiger partial charge in [-0.3, -0.25) is 9.69 Å². The van der Waals surface area contributed by atoms with Crippen LogP contribution in [0.4, 0.5) is 19.0 Å². The fourth-order valence-electron chi connectivity index (χ4n) is 3.64. The van der Waals surface area contributed by atoms with Gasteiger partial charge in [0.25, 0.3) is 5.91 Å². The van der Waals surface area contributed by atoms with Gasteiger partial charge in [0.2, 0.25) is 0 Å². The maximum absolute atomic E-state index is 13.3. The Morgan fingerprint density at radius 2 is 2.03 bits per heavy atom. The van der Waals surface area contributed by atoms with Crippen LogP contribution >= 0.6 is 0 Å². The van der Waals surface area contributed by atoms with Gasteiger partial charge in [-0.1, -0.05) is 17.3 Å². The highest BCUT2D eigenvalue weighted by Crippen LogP contribution is 2.39. The third-order valence-corrected chi connectivity index (χ3v) is 5.58. The number of halogens is 3. The summed E-state index contributed by atoms with van der Waals surface area (Å²) in [6.45, 7) is 5.49. The van der Waals surface area contributed by atoms with E-state index in [1.54, 1.807) is 6.92 Å². The number of aromatic nitrogens is 3. The molecule has 0 aliphatic carbocycles. The van der Waals surface area contributed by atoms with Gasteiger partial charge in [-0.25, -0.2) is 4.68 Å². The van der Waals surface area contributed by atoms with E-state index in [-0.39, 0.29) is 31.1 Å². The van der Waals surface area contributed by atoms with Gasteiger partial charge in [-0.15, -0.1) is 0 Å². The van der Waals surface area contributed by atoms with E-state index in [2.05, 4.69) is 10.3 Å². The van der Waals surface area contributed by atoms with Gasteiger partial charge in [-0.2, -0.15) is 18.3 Å². The number of nitrogens with zero attached hydrogens (tertiary/aromatic N) is 4. The Morgan fingerprint density at radius 1 is 1.26 bits per heavy atom. The lowest BCUT2D eigenvalue weighted by molar-refractivity contribution is -0.172. The average molecular weight is 434 g/mol. The smallest absolute Gasteiger partial charge is 0.410 e. The summed E-state index contributed by atoms with van der Waals surface area (Å²) in [5.74, 6) is 0.592. The molecule has 10 heteroatoms. The number of ether oxygens (including phenoxy) is 1. The molecule has 0 saturated heterocycles. The van der Waals surface area contributed by atoms with Crippen LogP contribution in [0.5, 0.6) is 5.75 Å². The van der Waals surface area contributed by atoms with Crippen molar-refractivity contribution in [2.75, 3.05) is 11.4 Å². The second-order valence-electron chi connectivity index (χ2n) is 7.49. The Labute approximate surface area is 176 Å². The largest absolute Gasteiger partial charge is 0.488 e. The van der Waals surface area contributed by atoms with Crippen molar-refractivity contribution in [2.24, 2.45) is 0 Å². The molecular formula is C21H21F3N4O3. The zero-order chi connectivity index (χ0) is 22.3. The first-order valence-corrected chi connectivity index (χ1v) is 9.74. The Kier molecular flexibility index (Phi) is 5.24. The lowest BCUT2D eigenvalue weighted by Crippen LogP contribution is -2.43. The lowest BCUT2D eigenvalue weighted by atomic mass is 10.1. The van der Waals surface area contributed by atoms with Crippen molar-refractivity contribution in [3.05, 3.63) is 58.6 Å². The molecule has 7 nitrogen and oxygen atoms in total. The third-order valence-electron chi connectivity index (χ3n) is 5.58. The molecule has 2 aromatic heterocycles. The Bertz CT molecular complexity index is 1120. The number of amides is 1. The van der Waals surface area contributed by atoms with Crippen LogP contribution in [0.2, 0.25) is 0 Å². The number of hydrogen-bond acceptors (Lipinski definition) is 5. The molecule has 3 heterocycles. The SMILES string of the molecule is Cc1cccc(OCc2c(C(=O)N3CCC(C(F)(F)F)n4nccc43)noc2C)c1C. The van der Waals surface area contributed by atoms with Gasteiger partial charge in [0, 0.05) is 12.6 Å². The van der Waals surface area contributed by atoms with Crippen molar-refractivity contribution in [1.29, 1.82) is 0 Å². The van der Waals surface area contributed by atoms with Crippen LogP contribution in [0.1, 0.15) is 45.4 Å². The Hall–Kier alpha value is -3.30. The molecular weight excluding hydrogens is 413 g/mol. The summed E-state index contributed by atoms with van der Waals surface area (Å²) in [7, 11) is 0. The van der Waals surface area contributed by atoms with Crippen LogP contribution in [0, 0.1) is 20.8 Å². The van der Waals surface area contributed by atoms with Gasteiger partial charge in [-0.05, 0) is 44.4 Å². The fourth-order valence-corrected chi connectivity index (χ4v) is 3.64. The summed E-state index contributed by atoms with van der Waals surface area (Å²) in [4.78, 5) is 14.5. The van der Waals surface area contributed by atoms with Crippen molar-refractivity contribution in [2.45, 2.75) is 46.0 Å². The number of anilines is 1. The number of aryl methyl sites for hydroxylation is 2. The second kappa shape index (κ2) is 7.75. The molecule has 1 amide bonds. The van der Waals surface area contributed by atoms with E-state index >= 15 is 0 Å². The maximum Gasteiger partial charge on any atom is 0.410 e. The topological polar surface area (TPSA) is 73.4 Å². The quantitative estimate of drug-likeness (QED) is 0.603. The molecule has 0 spiro atoms. The van der Waals surface area contributed by atoms with Crippen LogP contribution in [0.25, 0.3) is 0 Å². The van der Waals surface area contributed by atoms with Crippen molar-refractivity contribution >= 4 is 11.7 Å². The summed E-state index contributed by atoms with van der Waals surface area (Å²) in [5.41, 5.74) is 2.51. The standard InChI is InChI=1S/C21H21F3N4O3/c1-12-5-4-6-16(13(12)2)30-11-15-14(3)31-26-19(15)20(29)27-10-8-17(21(22,23)24)28-18(27)7-9-25-28/h4-7,9,17H,8,10-11H2,1-3H3. The van der Waals surface area contributed by atoms with Crippen LogP contribution < -0.4 is 9.64 Å². The molecule has 1 aliphatic heterocycles. The van der Waals surface area contributed by atoms with E-state index in [1.165, 1.54) is 17.2 Å². The molecule has 0 radical (unpaired) electrons. The van der Waals surface area contributed by atoms with Crippen LogP contribution in [0.3, 0.4) is 0 Å². The molecule has 1 aromatic carbocycles. The van der Waals surface area contributed by atoms with Gasteiger partial charge in [0.05, 0.1) is 11.8 Å². The summed E-state index contributed by atoms with van der Waals surface area (Å²) in [6.07, 6.45) is -3.50. The first-order valence-electron chi connectivity index (χ1n) is 9.74. The van der Waals surface area contributed by atoms with E-state index in [0.29, 0.717) is 17.1 Å². The predicted octanol–water partition coefficient (Wildman–Crippen LogP) is 4.53. The third kappa shape index (κ3) is 3.77. The first kappa shape index (κ1) is 21.0. The zero-order valence-corrected chi connectivity index (χ0v) is 17.2. The number of fused-ring (bicyclic) bond motifs is 1. The van der Waals surface area contributed by atoms with E-state index in [4.69, 9.17) is 9.26 Å². The minimum Gasteiger partial charge on any atom is -0.488 e. The van der Waals surface area contributed by atoms with Gasteiger partial charge >= 0.3 is 6.18 Å². The summed E-state index contributed by atoms with van der Waals surface area (Å²) >= 11 is 0. The van der Waals surface area contributed by atoms with E-state index in [1.807, 2.05) is 32.0 Å². The van der Waals surface area contributed by atoms with Crippen LogP contribution in [-0.2, 0) is 6.61 Å². The summed E-state index contributed by atoms with van der Waals surface area (Å²) in [6, 6.07) is 5.28. The monoisotopic (exact) mass is 434 g/mol. The minimum absolute atomic E-state index is 0.0148. The van der Waals surface area contributed by atoms with Crippen molar-refractivity contribution in [3.8, 4) is 5.75 Å². The van der Waals surface area contributed by atoms with Crippen molar-refractivity contribution in [3.63, 3.8) is 0 Å². The number of carbonyl (C=O) groups excluding carboxylic acids is 1. The van der Waals surface area contributed by atoms with Gasteiger partial charge in [0.15, 0.2) is 11.7 Å². The second-order valence-corrected chi connectivity index (χ2v) is 7.49. The normalized spacial score (nSPS) is 16.3. The summed E-state index contributed by atoms with van der Waals surface area (Å²) in [5, 5.41) is 7.66. The van der Waals surface area contributed by atoms with Crippen LogP contribution in [-0.4, -0.2) is 33.6 Å². The Balaban J connectivity index is 1.60. The number of rotatable bonds is 4. The number of benzene rings is 1.